The van der Waals surface area contributed by atoms with Gasteiger partial charge in [-0.15, -0.1) is 0 Å². The van der Waals surface area contributed by atoms with Crippen molar-refractivity contribution in [1.82, 2.24) is 10.0 Å². The molecule has 0 aliphatic carbocycles. The smallest absolute Gasteiger partial charge is 0.434 e. The lowest BCUT2D eigenvalue weighted by molar-refractivity contribution is 0.0178. The Balaban J connectivity index is 2.02. The molecule has 1 heterocycles. The quantitative estimate of drug-likeness (QED) is 0.609. The Kier molecular flexibility index (Phi) is 4.61. The van der Waals surface area contributed by atoms with E-state index >= 15 is 0 Å². The molecule has 2 rings (SSSR count). The van der Waals surface area contributed by atoms with Crippen molar-refractivity contribution >= 4 is 12.1 Å². The number of hydrogen-bond donors (Lipinski definition) is 0. The second-order valence-corrected chi connectivity index (χ2v) is 4.44. The van der Waals surface area contributed by atoms with Crippen LogP contribution in [0, 0.1) is 11.5 Å². The van der Waals surface area contributed by atoms with Crippen LogP contribution in [0.15, 0.2) is 24.3 Å². The number of carbonyl (C=O) groups is 2. The van der Waals surface area contributed by atoms with Crippen LogP contribution in [0.25, 0.3) is 0 Å². The van der Waals surface area contributed by atoms with Crippen LogP contribution in [0.4, 0.5) is 4.79 Å². The van der Waals surface area contributed by atoms with Crippen LogP contribution in [-0.2, 0) is 4.74 Å². The van der Waals surface area contributed by atoms with Gasteiger partial charge in [-0.25, -0.2) is 19.6 Å². The van der Waals surface area contributed by atoms with E-state index in [0.717, 1.165) is 12.8 Å². The van der Waals surface area contributed by atoms with E-state index in [4.69, 9.17) is 10.00 Å². The predicted octanol–water partition coefficient (Wildman–Crippen LogP) is 1.77. The molecule has 7 nitrogen and oxygen atoms in total. The molecule has 0 spiro atoms. The molecule has 1 aromatic carbocycles. The summed E-state index contributed by atoms with van der Waals surface area (Å²) in [5.41, 5.74) is 0.369. The highest BCUT2D eigenvalue weighted by Crippen LogP contribution is 2.16. The minimum absolute atomic E-state index is 0.302. The molecule has 110 valence electrons. The van der Waals surface area contributed by atoms with Gasteiger partial charge in [-0.3, -0.25) is 0 Å². The highest BCUT2D eigenvalue weighted by molar-refractivity contribution is 5.89. The average Bonchev–Trinajstić information content (AvgIpc) is 2.54. The molecule has 21 heavy (non-hydrogen) atoms. The Bertz CT molecular complexity index is 565. The van der Waals surface area contributed by atoms with Gasteiger partial charge in [0.2, 0.25) is 0 Å². The number of esters is 1. The first kappa shape index (κ1) is 14.7. The van der Waals surface area contributed by atoms with E-state index in [9.17, 15) is 9.59 Å². The third-order valence-corrected chi connectivity index (χ3v) is 3.09. The van der Waals surface area contributed by atoms with E-state index < -0.39 is 12.1 Å². The van der Waals surface area contributed by atoms with E-state index in [1.165, 1.54) is 41.4 Å². The maximum absolute atomic E-state index is 12.0. The number of nitriles is 1. The summed E-state index contributed by atoms with van der Waals surface area (Å²) in [5, 5.41) is 11.5. The van der Waals surface area contributed by atoms with Crippen molar-refractivity contribution < 1.29 is 19.1 Å². The van der Waals surface area contributed by atoms with Crippen LogP contribution in [0.3, 0.4) is 0 Å². The number of methoxy groups -OCH3 is 1. The molecule has 0 saturated carbocycles. The maximum Gasteiger partial charge on any atom is 0.434 e. The third-order valence-electron chi connectivity index (χ3n) is 3.09. The van der Waals surface area contributed by atoms with E-state index in [1.807, 2.05) is 6.19 Å². The zero-order valence-corrected chi connectivity index (χ0v) is 11.6. The summed E-state index contributed by atoms with van der Waals surface area (Å²) in [4.78, 5) is 23.3. The van der Waals surface area contributed by atoms with Gasteiger partial charge in [-0.2, -0.15) is 5.26 Å². The fourth-order valence-corrected chi connectivity index (χ4v) is 1.99. The highest BCUT2D eigenvalue weighted by Gasteiger charge is 2.25. The summed E-state index contributed by atoms with van der Waals surface area (Å²) in [6.45, 7) is 0.958. The molecule has 7 heteroatoms. The monoisotopic (exact) mass is 289 g/mol. The summed E-state index contributed by atoms with van der Waals surface area (Å²) in [5.74, 6) is -0.157. The lowest BCUT2D eigenvalue weighted by atomic mass is 10.2. The number of carbonyl (C=O) groups excluding carboxylic acids is 2. The molecule has 1 amide bonds. The molecule has 0 bridgehead atoms. The number of rotatable bonds is 2. The van der Waals surface area contributed by atoms with Gasteiger partial charge in [0.25, 0.3) is 0 Å². The Morgan fingerprint density at radius 1 is 1.19 bits per heavy atom. The zero-order valence-electron chi connectivity index (χ0n) is 11.6. The molecular weight excluding hydrogens is 274 g/mol. The van der Waals surface area contributed by atoms with E-state index in [0.29, 0.717) is 24.4 Å². The first-order valence-electron chi connectivity index (χ1n) is 6.50. The Morgan fingerprint density at radius 2 is 1.86 bits per heavy atom. The Labute approximate surface area is 122 Å². The van der Waals surface area contributed by atoms with Crippen LogP contribution < -0.4 is 4.74 Å². The van der Waals surface area contributed by atoms with Gasteiger partial charge >= 0.3 is 12.1 Å². The molecule has 1 aliphatic rings. The minimum Gasteiger partial charge on any atom is -0.465 e. The normalized spacial score (nSPS) is 14.3. The molecule has 1 fully saturated rings. The van der Waals surface area contributed by atoms with Crippen molar-refractivity contribution in [2.45, 2.75) is 12.8 Å². The topological polar surface area (TPSA) is 82.9 Å². The van der Waals surface area contributed by atoms with Crippen LogP contribution in [0.5, 0.6) is 5.75 Å². The fourth-order valence-electron chi connectivity index (χ4n) is 1.99. The van der Waals surface area contributed by atoms with Crippen LogP contribution >= 0.6 is 0 Å². The number of hydrogen-bond acceptors (Lipinski definition) is 6. The lowest BCUT2D eigenvalue weighted by Gasteiger charge is -2.33. The first-order valence-corrected chi connectivity index (χ1v) is 6.50. The van der Waals surface area contributed by atoms with Gasteiger partial charge < -0.3 is 9.47 Å². The number of benzene rings is 1. The summed E-state index contributed by atoms with van der Waals surface area (Å²) < 4.78 is 9.78. The van der Waals surface area contributed by atoms with Crippen molar-refractivity contribution in [3.8, 4) is 11.9 Å². The van der Waals surface area contributed by atoms with Gasteiger partial charge in [-0.1, -0.05) is 0 Å². The summed E-state index contributed by atoms with van der Waals surface area (Å²) in [6, 6.07) is 6.02. The van der Waals surface area contributed by atoms with Gasteiger partial charge in [0.1, 0.15) is 5.75 Å². The molecule has 0 atom stereocenters. The molecule has 1 aromatic rings. The van der Waals surface area contributed by atoms with Crippen LogP contribution in [0.1, 0.15) is 23.2 Å². The van der Waals surface area contributed by atoms with Crippen molar-refractivity contribution in [3.05, 3.63) is 29.8 Å². The molecule has 1 aliphatic heterocycles. The molecule has 1 saturated heterocycles. The Hall–Kier alpha value is -2.75. The number of nitrogens with zero attached hydrogens (tertiary/aromatic N) is 3. The SMILES string of the molecule is COC(=O)c1ccc(OC(=O)N2CCCCN2C#N)cc1. The highest BCUT2D eigenvalue weighted by atomic mass is 16.6. The number of amides is 1. The zero-order chi connectivity index (χ0) is 15.2. The molecule has 0 aromatic heterocycles. The van der Waals surface area contributed by atoms with E-state index in [2.05, 4.69) is 4.74 Å². The predicted molar refractivity (Wildman–Crippen MR) is 72.1 cm³/mol. The van der Waals surface area contributed by atoms with Crippen molar-refractivity contribution in [1.29, 1.82) is 5.26 Å². The molecule has 0 unspecified atom stereocenters. The molecule has 0 N–H and O–H groups in total. The molecule has 0 radical (unpaired) electrons. The van der Waals surface area contributed by atoms with Gasteiger partial charge in [0, 0.05) is 6.54 Å². The molecular formula is C14H15N3O4. The lowest BCUT2D eigenvalue weighted by Crippen LogP contribution is -2.49. The fraction of sp³-hybridized carbons (Fsp3) is 0.357. The maximum atomic E-state index is 12.0. The standard InChI is InChI=1S/C14H15N3O4/c1-20-13(18)11-4-6-12(7-5-11)21-14(19)17-9-3-2-8-16(17)10-15/h4-7H,2-3,8-9H2,1H3. The van der Waals surface area contributed by atoms with Gasteiger partial charge in [0.05, 0.1) is 19.2 Å². The summed E-state index contributed by atoms with van der Waals surface area (Å²) >= 11 is 0. The largest absolute Gasteiger partial charge is 0.465 e. The van der Waals surface area contributed by atoms with Crippen LogP contribution in [-0.4, -0.2) is 42.3 Å². The minimum atomic E-state index is -0.609. The van der Waals surface area contributed by atoms with Crippen molar-refractivity contribution in [2.24, 2.45) is 0 Å². The van der Waals surface area contributed by atoms with Crippen LogP contribution in [0.2, 0.25) is 0 Å². The summed E-state index contributed by atoms with van der Waals surface area (Å²) in [7, 11) is 1.29. The van der Waals surface area contributed by atoms with Gasteiger partial charge in [0.15, 0.2) is 6.19 Å². The first-order chi connectivity index (χ1) is 10.2. The van der Waals surface area contributed by atoms with Gasteiger partial charge in [-0.05, 0) is 37.1 Å². The Morgan fingerprint density at radius 3 is 2.48 bits per heavy atom. The summed E-state index contributed by atoms with van der Waals surface area (Å²) in [6.07, 6.45) is 3.03. The van der Waals surface area contributed by atoms with Crippen molar-refractivity contribution in [2.75, 3.05) is 20.2 Å². The number of hydrazine groups is 1. The van der Waals surface area contributed by atoms with Crippen molar-refractivity contribution in [3.63, 3.8) is 0 Å². The van der Waals surface area contributed by atoms with E-state index in [-0.39, 0.29) is 0 Å². The second kappa shape index (κ2) is 6.61. The average molecular weight is 289 g/mol. The number of ether oxygens (including phenoxy) is 2. The van der Waals surface area contributed by atoms with E-state index in [1.54, 1.807) is 0 Å². The second-order valence-electron chi connectivity index (χ2n) is 4.44. The third kappa shape index (κ3) is 3.42.